The molecule has 0 heterocycles. The van der Waals surface area contributed by atoms with Crippen molar-refractivity contribution < 1.29 is 14.3 Å². The van der Waals surface area contributed by atoms with Gasteiger partial charge in [0, 0.05) is 21.0 Å². The number of esters is 1. The summed E-state index contributed by atoms with van der Waals surface area (Å²) in [4.78, 5) is 24.6. The molecule has 4 nitrogen and oxygen atoms in total. The lowest BCUT2D eigenvalue weighted by Gasteiger charge is -2.29. The van der Waals surface area contributed by atoms with Gasteiger partial charge in [0.2, 0.25) is 0 Å². The largest absolute Gasteiger partial charge is 0.459 e. The highest BCUT2D eigenvalue weighted by Gasteiger charge is 2.37. The topological polar surface area (TPSA) is 55.4 Å². The standard InChI is InChI=1S/C18H22INO3/c1-11-9-14(20-13-7-5-12(19)6-8-13)10-15(21)16(11)17(22)23-18(2,3)4/h5-8,10-11,16,20H,9H2,1-4H3/t11-,16+/m1/s1. The van der Waals surface area contributed by atoms with Crippen LogP contribution in [0.4, 0.5) is 5.69 Å². The third-order valence-corrected chi connectivity index (χ3v) is 4.26. The fraction of sp³-hybridized carbons (Fsp3) is 0.444. The van der Waals surface area contributed by atoms with E-state index in [-0.39, 0.29) is 11.7 Å². The van der Waals surface area contributed by atoms with Crippen LogP contribution in [0.15, 0.2) is 36.0 Å². The SMILES string of the molecule is C[C@@H]1CC(Nc2ccc(I)cc2)=CC(=O)[C@H]1C(=O)OC(C)(C)C. The van der Waals surface area contributed by atoms with Crippen molar-refractivity contribution in [3.8, 4) is 0 Å². The fourth-order valence-corrected chi connectivity index (χ4v) is 2.94. The maximum atomic E-state index is 12.4. The number of allylic oxidation sites excluding steroid dienone is 2. The van der Waals surface area contributed by atoms with Gasteiger partial charge in [-0.25, -0.2) is 0 Å². The lowest BCUT2D eigenvalue weighted by atomic mass is 9.81. The number of carbonyl (C=O) groups is 2. The number of ketones is 1. The van der Waals surface area contributed by atoms with Crippen LogP contribution in [0.25, 0.3) is 0 Å². The number of carbonyl (C=O) groups excluding carboxylic acids is 2. The number of rotatable bonds is 3. The smallest absolute Gasteiger partial charge is 0.317 e. The molecule has 2 rings (SSSR count). The fourth-order valence-electron chi connectivity index (χ4n) is 2.59. The summed E-state index contributed by atoms with van der Waals surface area (Å²) in [6.07, 6.45) is 2.17. The van der Waals surface area contributed by atoms with Gasteiger partial charge in [0.05, 0.1) is 0 Å². The molecule has 0 bridgehead atoms. The highest BCUT2D eigenvalue weighted by Crippen LogP contribution is 2.30. The van der Waals surface area contributed by atoms with E-state index in [0.717, 1.165) is 15.0 Å². The summed E-state index contributed by atoms with van der Waals surface area (Å²) in [5.41, 5.74) is 1.19. The zero-order valence-corrected chi connectivity index (χ0v) is 16.0. The van der Waals surface area contributed by atoms with E-state index in [1.165, 1.54) is 6.08 Å². The van der Waals surface area contributed by atoms with Gasteiger partial charge >= 0.3 is 5.97 Å². The van der Waals surface area contributed by atoms with Crippen LogP contribution >= 0.6 is 22.6 Å². The summed E-state index contributed by atoms with van der Waals surface area (Å²) < 4.78 is 6.53. The molecule has 1 N–H and O–H groups in total. The molecule has 0 unspecified atom stereocenters. The van der Waals surface area contributed by atoms with Gasteiger partial charge in [-0.2, -0.15) is 0 Å². The van der Waals surface area contributed by atoms with Gasteiger partial charge in [0.1, 0.15) is 11.5 Å². The van der Waals surface area contributed by atoms with Crippen LogP contribution in [-0.4, -0.2) is 17.4 Å². The maximum absolute atomic E-state index is 12.4. The monoisotopic (exact) mass is 427 g/mol. The van der Waals surface area contributed by atoms with Crippen LogP contribution in [-0.2, 0) is 14.3 Å². The Bertz CT molecular complexity index is 629. The molecule has 1 aliphatic carbocycles. The highest BCUT2D eigenvalue weighted by atomic mass is 127. The first kappa shape index (κ1) is 18.0. The molecule has 0 aliphatic heterocycles. The van der Waals surface area contributed by atoms with E-state index in [2.05, 4.69) is 27.9 Å². The first-order valence-corrected chi connectivity index (χ1v) is 8.73. The van der Waals surface area contributed by atoms with Crippen LogP contribution in [0.5, 0.6) is 0 Å². The summed E-state index contributed by atoms with van der Waals surface area (Å²) in [6.45, 7) is 7.34. The third-order valence-electron chi connectivity index (χ3n) is 3.54. The molecule has 1 aliphatic rings. The minimum atomic E-state index is -0.712. The second kappa shape index (κ2) is 7.03. The Morgan fingerprint density at radius 3 is 2.39 bits per heavy atom. The number of hydrogen-bond acceptors (Lipinski definition) is 4. The van der Waals surface area contributed by atoms with Crippen LogP contribution in [0, 0.1) is 15.4 Å². The molecule has 2 atom stereocenters. The van der Waals surface area contributed by atoms with Crippen molar-refractivity contribution in [3.63, 3.8) is 0 Å². The van der Waals surface area contributed by atoms with Crippen molar-refractivity contribution in [2.75, 3.05) is 5.32 Å². The van der Waals surface area contributed by atoms with Crippen molar-refractivity contribution in [1.29, 1.82) is 0 Å². The van der Waals surface area contributed by atoms with Crippen molar-refractivity contribution in [3.05, 3.63) is 39.6 Å². The van der Waals surface area contributed by atoms with Crippen molar-refractivity contribution in [1.82, 2.24) is 0 Å². The Hall–Kier alpha value is -1.37. The minimum absolute atomic E-state index is 0.0892. The second-order valence-electron chi connectivity index (χ2n) is 6.90. The third kappa shape index (κ3) is 5.06. The van der Waals surface area contributed by atoms with Crippen LogP contribution in [0.1, 0.15) is 34.1 Å². The molecule has 23 heavy (non-hydrogen) atoms. The molecule has 0 saturated carbocycles. The average molecular weight is 427 g/mol. The normalized spacial score (nSPS) is 21.6. The summed E-state index contributed by atoms with van der Waals surface area (Å²) >= 11 is 2.25. The van der Waals surface area contributed by atoms with E-state index in [4.69, 9.17) is 4.74 Å². The Morgan fingerprint density at radius 1 is 1.26 bits per heavy atom. The molecule has 5 heteroatoms. The van der Waals surface area contributed by atoms with Gasteiger partial charge < -0.3 is 10.1 Å². The van der Waals surface area contributed by atoms with Crippen LogP contribution in [0.2, 0.25) is 0 Å². The Balaban J connectivity index is 2.10. The summed E-state index contributed by atoms with van der Waals surface area (Å²) in [7, 11) is 0. The van der Waals surface area contributed by atoms with Gasteiger partial charge in [-0.1, -0.05) is 6.92 Å². The van der Waals surface area contributed by atoms with E-state index in [9.17, 15) is 9.59 Å². The molecular formula is C18H22INO3. The maximum Gasteiger partial charge on any atom is 0.317 e. The Labute approximate surface area is 150 Å². The van der Waals surface area contributed by atoms with E-state index in [1.54, 1.807) is 0 Å². The number of halogens is 1. The molecule has 0 saturated heterocycles. The average Bonchev–Trinajstić information content (AvgIpc) is 2.38. The number of benzene rings is 1. The first-order valence-electron chi connectivity index (χ1n) is 7.65. The molecular weight excluding hydrogens is 405 g/mol. The van der Waals surface area contributed by atoms with E-state index >= 15 is 0 Å². The molecule has 0 radical (unpaired) electrons. The van der Waals surface area contributed by atoms with E-state index < -0.39 is 17.5 Å². The second-order valence-corrected chi connectivity index (χ2v) is 8.14. The number of ether oxygens (including phenoxy) is 1. The molecule has 0 aromatic heterocycles. The van der Waals surface area contributed by atoms with Gasteiger partial charge in [-0.3, -0.25) is 9.59 Å². The summed E-state index contributed by atoms with van der Waals surface area (Å²) in [5, 5.41) is 3.26. The molecule has 124 valence electrons. The van der Waals surface area contributed by atoms with Crippen molar-refractivity contribution in [2.24, 2.45) is 11.8 Å². The van der Waals surface area contributed by atoms with Crippen LogP contribution in [0.3, 0.4) is 0 Å². The first-order chi connectivity index (χ1) is 10.7. The predicted octanol–water partition coefficient (Wildman–Crippen LogP) is 4.15. The number of anilines is 1. The summed E-state index contributed by atoms with van der Waals surface area (Å²) in [5.74, 6) is -1.42. The molecule has 0 fully saturated rings. The van der Waals surface area contributed by atoms with Crippen molar-refractivity contribution in [2.45, 2.75) is 39.7 Å². The highest BCUT2D eigenvalue weighted by molar-refractivity contribution is 14.1. The Kier molecular flexibility index (Phi) is 5.49. The molecule has 0 spiro atoms. The van der Waals surface area contributed by atoms with Gasteiger partial charge in [-0.05, 0) is 80.0 Å². The van der Waals surface area contributed by atoms with E-state index in [1.807, 2.05) is 52.0 Å². The Morgan fingerprint density at radius 2 is 1.87 bits per heavy atom. The number of nitrogens with one attached hydrogen (secondary N) is 1. The number of hydrogen-bond donors (Lipinski definition) is 1. The van der Waals surface area contributed by atoms with Gasteiger partial charge in [0.25, 0.3) is 0 Å². The molecule has 1 aromatic carbocycles. The zero-order valence-electron chi connectivity index (χ0n) is 13.9. The predicted molar refractivity (Wildman–Crippen MR) is 99.0 cm³/mol. The zero-order chi connectivity index (χ0) is 17.2. The lowest BCUT2D eigenvalue weighted by molar-refractivity contribution is -0.163. The van der Waals surface area contributed by atoms with Crippen molar-refractivity contribution >= 4 is 40.0 Å². The molecule has 1 aromatic rings. The lowest BCUT2D eigenvalue weighted by Crippen LogP contribution is -2.38. The molecule has 0 amide bonds. The van der Waals surface area contributed by atoms with Crippen LogP contribution < -0.4 is 5.32 Å². The summed E-state index contributed by atoms with van der Waals surface area (Å²) in [6, 6.07) is 7.94. The minimum Gasteiger partial charge on any atom is -0.459 e. The van der Waals surface area contributed by atoms with Gasteiger partial charge in [0.15, 0.2) is 5.78 Å². The quantitative estimate of drug-likeness (QED) is 0.447. The van der Waals surface area contributed by atoms with Gasteiger partial charge in [-0.15, -0.1) is 0 Å². The van der Waals surface area contributed by atoms with E-state index in [0.29, 0.717) is 6.42 Å².